The van der Waals surface area contributed by atoms with Gasteiger partial charge in [0.1, 0.15) is 5.65 Å². The quantitative estimate of drug-likeness (QED) is 0.462. The molecule has 152 valence electrons. The van der Waals surface area contributed by atoms with Crippen molar-refractivity contribution >= 4 is 74.3 Å². The van der Waals surface area contributed by atoms with E-state index >= 15 is 0 Å². The number of allylic oxidation sites excluding steroid dienone is 2. The third-order valence-corrected chi connectivity index (χ3v) is 10.3. The van der Waals surface area contributed by atoms with Crippen molar-refractivity contribution in [3.8, 4) is 0 Å². The molecule has 0 fully saturated rings. The maximum Gasteiger partial charge on any atom is 0.146 e. The van der Waals surface area contributed by atoms with Crippen LogP contribution in [0, 0.1) is 0 Å². The van der Waals surface area contributed by atoms with Gasteiger partial charge in [0.25, 0.3) is 0 Å². The van der Waals surface area contributed by atoms with Crippen LogP contribution >= 0.6 is 46.7 Å². The van der Waals surface area contributed by atoms with Gasteiger partial charge in [-0.25, -0.2) is 4.98 Å². The second-order valence-corrected chi connectivity index (χ2v) is 12.6. The van der Waals surface area contributed by atoms with Gasteiger partial charge in [0.15, 0.2) is 0 Å². The fraction of sp³-hybridized carbons (Fsp3) is 0.292. The Morgan fingerprint density at radius 2 is 1.67 bits per heavy atom. The number of nitrogens with zero attached hydrogens (tertiary/aromatic N) is 2. The molecule has 0 spiro atoms. The maximum atomic E-state index is 6.65. The van der Waals surface area contributed by atoms with E-state index in [1.165, 1.54) is 33.0 Å². The van der Waals surface area contributed by atoms with Crippen molar-refractivity contribution in [2.24, 2.45) is 0 Å². The largest absolute Gasteiger partial charge is 0.296 e. The minimum Gasteiger partial charge on any atom is -0.296 e. The Morgan fingerprint density at radius 3 is 2.40 bits per heavy atom. The topological polar surface area (TPSA) is 17.3 Å². The van der Waals surface area contributed by atoms with Gasteiger partial charge in [-0.1, -0.05) is 60.8 Å². The second kappa shape index (κ2) is 6.35. The van der Waals surface area contributed by atoms with Crippen LogP contribution in [0.5, 0.6) is 0 Å². The number of imidazole rings is 1. The first kappa shape index (κ1) is 19.4. The molecule has 0 bridgehead atoms. The second-order valence-electron chi connectivity index (χ2n) is 8.44. The zero-order valence-electron chi connectivity index (χ0n) is 16.9. The lowest BCUT2D eigenvalue weighted by atomic mass is 9.78. The molecule has 6 rings (SSSR count). The van der Waals surface area contributed by atoms with Gasteiger partial charge in [-0.3, -0.25) is 4.40 Å². The molecule has 4 heterocycles. The molecule has 0 radical (unpaired) electrons. The third-order valence-electron chi connectivity index (χ3n) is 6.76. The van der Waals surface area contributed by atoms with Gasteiger partial charge in [-0.2, -0.15) is 0 Å². The summed E-state index contributed by atoms with van der Waals surface area (Å²) >= 11 is 16.7. The van der Waals surface area contributed by atoms with Crippen molar-refractivity contribution in [1.82, 2.24) is 9.38 Å². The minimum atomic E-state index is -0.219. The zero-order chi connectivity index (χ0) is 20.8. The molecule has 2 nitrogen and oxygen atoms in total. The molecular weight excluding hydrogens is 451 g/mol. The van der Waals surface area contributed by atoms with E-state index < -0.39 is 0 Å². The van der Waals surface area contributed by atoms with E-state index in [1.807, 2.05) is 0 Å². The van der Waals surface area contributed by atoms with Gasteiger partial charge in [0, 0.05) is 11.1 Å². The van der Waals surface area contributed by atoms with Crippen molar-refractivity contribution in [3.63, 3.8) is 0 Å². The number of hydrogen-bond donors (Lipinski definition) is 0. The summed E-state index contributed by atoms with van der Waals surface area (Å²) in [7, 11) is 0. The average Bonchev–Trinajstić information content (AvgIpc) is 3.34. The summed E-state index contributed by atoms with van der Waals surface area (Å²) in [5.41, 5.74) is 4.78. The molecule has 3 aliphatic rings. The summed E-state index contributed by atoms with van der Waals surface area (Å²) in [6.45, 7) is 6.82. The molecule has 1 aromatic carbocycles. The summed E-state index contributed by atoms with van der Waals surface area (Å²) in [6, 6.07) is 10.9. The Bertz CT molecular complexity index is 1470. The van der Waals surface area contributed by atoms with E-state index in [0.717, 1.165) is 32.6 Å². The van der Waals surface area contributed by atoms with Crippen LogP contribution in [0.4, 0.5) is 0 Å². The molecule has 0 saturated carbocycles. The lowest BCUT2D eigenvalue weighted by Crippen LogP contribution is -2.54. The zero-order valence-corrected chi connectivity index (χ0v) is 20.1. The van der Waals surface area contributed by atoms with Crippen LogP contribution in [0.1, 0.15) is 32.9 Å². The first-order valence-electron chi connectivity index (χ1n) is 10.2. The first-order valence-corrected chi connectivity index (χ1v) is 12.6. The number of rotatable bonds is 2. The van der Waals surface area contributed by atoms with E-state index in [-0.39, 0.29) is 9.49 Å². The molecule has 3 aromatic rings. The molecule has 6 heteroatoms. The Balaban J connectivity index is 1.94. The van der Waals surface area contributed by atoms with E-state index in [1.54, 1.807) is 23.5 Å². The van der Waals surface area contributed by atoms with Crippen LogP contribution in [0.3, 0.4) is 0 Å². The molecule has 2 aliphatic heterocycles. The summed E-state index contributed by atoms with van der Waals surface area (Å²) in [5, 5.41) is 4.64. The minimum absolute atomic E-state index is 0.213. The summed E-state index contributed by atoms with van der Waals surface area (Å²) in [5.74, 6) is 0. The van der Waals surface area contributed by atoms with Crippen LogP contribution in [0.15, 0.2) is 51.2 Å². The predicted molar refractivity (Wildman–Crippen MR) is 133 cm³/mol. The molecular formula is C24H20Cl2N2S2. The predicted octanol–water partition coefficient (Wildman–Crippen LogP) is 5.93. The van der Waals surface area contributed by atoms with Gasteiger partial charge in [0.05, 0.1) is 28.9 Å². The number of aromatic nitrogens is 2. The van der Waals surface area contributed by atoms with Crippen LogP contribution in [0.2, 0.25) is 0 Å². The van der Waals surface area contributed by atoms with E-state index in [4.69, 9.17) is 28.2 Å². The van der Waals surface area contributed by atoms with Gasteiger partial charge in [0.2, 0.25) is 0 Å². The third kappa shape index (κ3) is 2.29. The van der Waals surface area contributed by atoms with Crippen molar-refractivity contribution in [2.75, 3.05) is 0 Å². The monoisotopic (exact) mass is 470 g/mol. The Hall–Kier alpha value is -1.33. The Labute approximate surface area is 193 Å². The Morgan fingerprint density at radius 1 is 1.00 bits per heavy atom. The van der Waals surface area contributed by atoms with E-state index in [0.29, 0.717) is 0 Å². The van der Waals surface area contributed by atoms with Crippen molar-refractivity contribution in [3.05, 3.63) is 67.6 Å². The number of thioether (sulfide) groups is 2. The Kier molecular flexibility index (Phi) is 4.10. The molecule has 0 unspecified atom stereocenters. The number of pyridine rings is 1. The summed E-state index contributed by atoms with van der Waals surface area (Å²) < 4.78 is 3.61. The number of aryl methyl sites for hydroxylation is 1. The maximum absolute atomic E-state index is 6.65. The fourth-order valence-electron chi connectivity index (χ4n) is 5.19. The fourth-order valence-corrected chi connectivity index (χ4v) is 8.85. The molecule has 0 N–H and O–H groups in total. The lowest BCUT2D eigenvalue weighted by molar-refractivity contribution is 0.682. The number of fused-ring (bicyclic) bond motifs is 8. The highest BCUT2D eigenvalue weighted by atomic mass is 35.5. The van der Waals surface area contributed by atoms with E-state index in [2.05, 4.69) is 67.7 Å². The number of benzene rings is 1. The van der Waals surface area contributed by atoms with Gasteiger partial charge >= 0.3 is 0 Å². The smallest absolute Gasteiger partial charge is 0.146 e. The van der Waals surface area contributed by atoms with Gasteiger partial charge in [-0.05, 0) is 55.0 Å². The molecule has 1 aliphatic carbocycles. The molecule has 0 saturated heterocycles. The van der Waals surface area contributed by atoms with Crippen molar-refractivity contribution < 1.29 is 0 Å². The van der Waals surface area contributed by atoms with Gasteiger partial charge < -0.3 is 0 Å². The number of halogens is 2. The first-order chi connectivity index (χ1) is 14.4. The van der Waals surface area contributed by atoms with Crippen molar-refractivity contribution in [1.29, 1.82) is 0 Å². The van der Waals surface area contributed by atoms with Gasteiger partial charge in [-0.15, -0.1) is 23.5 Å². The van der Waals surface area contributed by atoms with Crippen LogP contribution < -0.4 is 10.7 Å². The van der Waals surface area contributed by atoms with Crippen LogP contribution in [-0.4, -0.2) is 18.9 Å². The highest BCUT2D eigenvalue weighted by Gasteiger charge is 2.57. The molecule has 2 aromatic heterocycles. The standard InChI is InChI=1S/C24H20Cl2N2S2/c1-4-7-14-10-13-8-5-6-9-15(13)22-27-20-16-11-18(25)29-23(16,2)24(3)17(12-19(26)30-24)21(20)28(14)22/h5-6,8-12H,4,7H2,1-3H3/t23-,24-/m1/s1. The van der Waals surface area contributed by atoms with Crippen LogP contribution in [-0.2, 0) is 6.42 Å². The average molecular weight is 471 g/mol. The van der Waals surface area contributed by atoms with Crippen molar-refractivity contribution in [2.45, 2.75) is 43.1 Å². The molecule has 30 heavy (non-hydrogen) atoms. The van der Waals surface area contributed by atoms with E-state index in [9.17, 15) is 0 Å². The molecule has 0 amide bonds. The van der Waals surface area contributed by atoms with Crippen LogP contribution in [0.25, 0.3) is 27.6 Å². The molecule has 2 atom stereocenters. The highest BCUT2D eigenvalue weighted by molar-refractivity contribution is 8.11. The number of hydrogen-bond acceptors (Lipinski definition) is 3. The normalized spacial score (nSPS) is 27.4. The SMILES string of the molecule is CCCc1cc2ccccc2c2nc3c(n12)=C1C=C(Cl)S[C@@]1(C)[C@]1(C)SC(Cl)=CC=31. The highest BCUT2D eigenvalue weighted by Crippen LogP contribution is 2.65. The summed E-state index contributed by atoms with van der Waals surface area (Å²) in [6.07, 6.45) is 6.35. The lowest BCUT2D eigenvalue weighted by Gasteiger charge is -2.43. The summed E-state index contributed by atoms with van der Waals surface area (Å²) in [4.78, 5) is 5.27.